The van der Waals surface area contributed by atoms with E-state index >= 15 is 0 Å². The first-order valence-electron chi connectivity index (χ1n) is 7.00. The van der Waals surface area contributed by atoms with E-state index in [9.17, 15) is 4.79 Å². The highest BCUT2D eigenvalue weighted by molar-refractivity contribution is 7.16. The van der Waals surface area contributed by atoms with Crippen molar-refractivity contribution in [2.24, 2.45) is 0 Å². The van der Waals surface area contributed by atoms with Gasteiger partial charge in [-0.15, -0.1) is 11.3 Å². The summed E-state index contributed by atoms with van der Waals surface area (Å²) < 4.78 is 0. The molecule has 3 rings (SSSR count). The third-order valence-electron chi connectivity index (χ3n) is 3.20. The van der Waals surface area contributed by atoms with E-state index in [1.54, 1.807) is 24.7 Å². The lowest BCUT2D eigenvalue weighted by Gasteiger charge is -2.04. The molecule has 0 fully saturated rings. The topological polar surface area (TPSA) is 79.8 Å². The molecule has 0 aliphatic carbocycles. The van der Waals surface area contributed by atoms with E-state index in [1.165, 1.54) is 16.9 Å². The smallest absolute Gasteiger partial charge is 0.266 e. The molecule has 0 radical (unpaired) electrons. The molecule has 116 valence electrons. The van der Waals surface area contributed by atoms with E-state index < -0.39 is 0 Å². The van der Waals surface area contributed by atoms with Crippen LogP contribution in [0.1, 0.15) is 20.8 Å². The van der Waals surface area contributed by atoms with Crippen LogP contribution < -0.4 is 10.9 Å². The molecule has 0 aliphatic heterocycles. The molecule has 3 aromatic rings. The Bertz CT molecular complexity index is 831. The highest BCUT2D eigenvalue weighted by atomic mass is 32.1. The van der Waals surface area contributed by atoms with Gasteiger partial charge in [-0.05, 0) is 25.5 Å². The Morgan fingerprint density at radius 2 is 1.91 bits per heavy atom. The molecule has 2 N–H and O–H groups in total. The zero-order chi connectivity index (χ0) is 16.2. The van der Waals surface area contributed by atoms with Crippen molar-refractivity contribution in [3.8, 4) is 10.6 Å². The minimum Gasteiger partial charge on any atom is -0.266 e. The van der Waals surface area contributed by atoms with Crippen molar-refractivity contribution in [1.29, 1.82) is 0 Å². The van der Waals surface area contributed by atoms with E-state index in [1.807, 2.05) is 19.1 Å². The van der Waals surface area contributed by atoms with Gasteiger partial charge in [-0.1, -0.05) is 23.8 Å². The predicted octanol–water partition coefficient (Wildman–Crippen LogP) is 2.97. The largest absolute Gasteiger partial charge is 0.281 e. The van der Waals surface area contributed by atoms with Gasteiger partial charge in [-0.3, -0.25) is 15.6 Å². The normalized spacial score (nSPS) is 10.3. The minimum atomic E-state index is -0.272. The lowest BCUT2D eigenvalue weighted by atomic mass is 10.1. The fraction of sp³-hybridized carbons (Fsp3) is 0.125. The number of thiazole rings is 1. The summed E-state index contributed by atoms with van der Waals surface area (Å²) in [5, 5.41) is 0.823. The van der Waals surface area contributed by atoms with Crippen LogP contribution in [-0.4, -0.2) is 20.9 Å². The molecule has 0 unspecified atom stereocenters. The summed E-state index contributed by atoms with van der Waals surface area (Å²) in [5.41, 5.74) is 8.61. The van der Waals surface area contributed by atoms with Crippen molar-refractivity contribution in [2.45, 2.75) is 13.8 Å². The van der Waals surface area contributed by atoms with Crippen molar-refractivity contribution < 1.29 is 4.79 Å². The van der Waals surface area contributed by atoms with E-state index in [4.69, 9.17) is 0 Å². The number of nitrogens with zero attached hydrogens (tertiary/aromatic N) is 3. The van der Waals surface area contributed by atoms with Crippen LogP contribution in [0.15, 0.2) is 42.9 Å². The third kappa shape index (κ3) is 3.51. The van der Waals surface area contributed by atoms with Crippen LogP contribution in [0.5, 0.6) is 0 Å². The zero-order valence-corrected chi connectivity index (χ0v) is 13.5. The Morgan fingerprint density at radius 3 is 2.65 bits per heavy atom. The average molecular weight is 325 g/mol. The Balaban J connectivity index is 1.72. The number of aryl methyl sites for hydroxylation is 2. The Morgan fingerprint density at radius 1 is 1.13 bits per heavy atom. The lowest BCUT2D eigenvalue weighted by molar-refractivity contribution is 0.0966. The average Bonchev–Trinajstić information content (AvgIpc) is 3.03. The number of aromatic nitrogens is 3. The molecule has 6 nitrogen and oxygen atoms in total. The van der Waals surface area contributed by atoms with Crippen molar-refractivity contribution in [3.05, 3.63) is 58.9 Å². The van der Waals surface area contributed by atoms with Crippen LogP contribution in [0.2, 0.25) is 0 Å². The molecule has 2 aromatic heterocycles. The van der Waals surface area contributed by atoms with E-state index in [-0.39, 0.29) is 5.91 Å². The quantitative estimate of drug-likeness (QED) is 0.721. The molecule has 0 saturated carbocycles. The van der Waals surface area contributed by atoms with Gasteiger partial charge in [0.1, 0.15) is 9.88 Å². The van der Waals surface area contributed by atoms with E-state index in [2.05, 4.69) is 38.8 Å². The summed E-state index contributed by atoms with van der Waals surface area (Å²) in [5.74, 6) is 0.0611. The molecular weight excluding hydrogens is 310 g/mol. The molecule has 2 heterocycles. The Kier molecular flexibility index (Phi) is 4.29. The number of hydrazine groups is 1. The summed E-state index contributed by atoms with van der Waals surface area (Å²) in [6.45, 7) is 4.09. The fourth-order valence-electron chi connectivity index (χ4n) is 2.10. The first kappa shape index (κ1) is 15.1. The molecule has 1 aromatic carbocycles. The second-order valence-electron chi connectivity index (χ2n) is 5.00. The minimum absolute atomic E-state index is 0.272. The number of carbonyl (C=O) groups excluding carboxylic acids is 1. The molecule has 23 heavy (non-hydrogen) atoms. The summed E-state index contributed by atoms with van der Waals surface area (Å²) in [4.78, 5) is 24.9. The van der Waals surface area contributed by atoms with Gasteiger partial charge >= 0.3 is 0 Å². The number of anilines is 1. The molecule has 0 aliphatic rings. The molecule has 7 heteroatoms. The number of amides is 1. The first-order valence-corrected chi connectivity index (χ1v) is 7.82. The maximum atomic E-state index is 12.1. The predicted molar refractivity (Wildman–Crippen MR) is 90.1 cm³/mol. The molecule has 0 atom stereocenters. The van der Waals surface area contributed by atoms with Crippen LogP contribution in [0, 0.1) is 13.8 Å². The van der Waals surface area contributed by atoms with Gasteiger partial charge in [0.2, 0.25) is 5.95 Å². The number of hydrogen-bond donors (Lipinski definition) is 2. The van der Waals surface area contributed by atoms with Crippen molar-refractivity contribution in [3.63, 3.8) is 0 Å². The summed E-state index contributed by atoms with van der Waals surface area (Å²) in [6, 6.07) is 7.87. The Labute approximate surface area is 137 Å². The highest BCUT2D eigenvalue weighted by Crippen LogP contribution is 2.28. The third-order valence-corrected chi connectivity index (χ3v) is 4.22. The van der Waals surface area contributed by atoms with Gasteiger partial charge in [-0.25, -0.2) is 15.0 Å². The van der Waals surface area contributed by atoms with Crippen molar-refractivity contribution in [1.82, 2.24) is 20.4 Å². The number of hydrogen-bond acceptors (Lipinski definition) is 6. The fourth-order valence-corrected chi connectivity index (χ4v) is 3.00. The molecular formula is C16H15N5OS. The van der Waals surface area contributed by atoms with E-state index in [0.29, 0.717) is 10.8 Å². The van der Waals surface area contributed by atoms with Gasteiger partial charge in [0.15, 0.2) is 0 Å². The molecule has 0 bridgehead atoms. The number of benzene rings is 1. The first-order chi connectivity index (χ1) is 11.1. The number of carbonyl (C=O) groups is 1. The van der Waals surface area contributed by atoms with Crippen LogP contribution in [0.4, 0.5) is 5.95 Å². The van der Waals surface area contributed by atoms with E-state index in [0.717, 1.165) is 16.1 Å². The second-order valence-corrected chi connectivity index (χ2v) is 6.03. The molecule has 0 spiro atoms. The summed E-state index contributed by atoms with van der Waals surface area (Å²) >= 11 is 1.35. The van der Waals surface area contributed by atoms with Crippen molar-refractivity contribution >= 4 is 23.2 Å². The summed E-state index contributed by atoms with van der Waals surface area (Å²) in [6.07, 6.45) is 4.75. The molecule has 0 saturated heterocycles. The number of nitrogens with one attached hydrogen (secondary N) is 2. The van der Waals surface area contributed by atoms with Crippen LogP contribution in [0.25, 0.3) is 10.6 Å². The maximum Gasteiger partial charge on any atom is 0.281 e. The van der Waals surface area contributed by atoms with Crippen molar-refractivity contribution in [2.75, 3.05) is 5.43 Å². The monoisotopic (exact) mass is 325 g/mol. The van der Waals surface area contributed by atoms with Gasteiger partial charge < -0.3 is 0 Å². The SMILES string of the molecule is Cc1ccc(-c2ncc(C(=O)NNc3ncccn3)s2)c(C)c1. The standard InChI is InChI=1S/C16H15N5OS/c1-10-4-5-12(11(2)8-10)15-19-9-13(23-15)14(22)20-21-16-17-6-3-7-18-16/h3-9H,1-2H3,(H,20,22)(H,17,18,21). The highest BCUT2D eigenvalue weighted by Gasteiger charge is 2.13. The van der Waals surface area contributed by atoms with Gasteiger partial charge in [0.05, 0.1) is 6.20 Å². The van der Waals surface area contributed by atoms with Crippen LogP contribution in [-0.2, 0) is 0 Å². The second kappa shape index (κ2) is 6.53. The maximum absolute atomic E-state index is 12.1. The van der Waals surface area contributed by atoms with Gasteiger partial charge in [-0.2, -0.15) is 0 Å². The van der Waals surface area contributed by atoms with Gasteiger partial charge in [0.25, 0.3) is 5.91 Å². The van der Waals surface area contributed by atoms with Crippen LogP contribution >= 0.6 is 11.3 Å². The number of rotatable bonds is 4. The Hall–Kier alpha value is -2.80. The summed E-state index contributed by atoms with van der Waals surface area (Å²) in [7, 11) is 0. The zero-order valence-electron chi connectivity index (χ0n) is 12.7. The lowest BCUT2D eigenvalue weighted by Crippen LogP contribution is -2.29. The van der Waals surface area contributed by atoms with Gasteiger partial charge in [0, 0.05) is 18.0 Å². The van der Waals surface area contributed by atoms with Crippen LogP contribution in [0.3, 0.4) is 0 Å². The molecule has 1 amide bonds.